The van der Waals surface area contributed by atoms with E-state index >= 15 is 0 Å². The number of anilines is 1. The molecule has 0 saturated carbocycles. The van der Waals surface area contributed by atoms with Crippen molar-refractivity contribution in [2.75, 3.05) is 25.0 Å². The number of rotatable bonds is 9. The Labute approximate surface area is 239 Å². The zero-order valence-corrected chi connectivity index (χ0v) is 23.3. The molecular weight excluding hydrogens is 528 g/mol. The van der Waals surface area contributed by atoms with Crippen molar-refractivity contribution in [1.29, 1.82) is 0 Å². The van der Waals surface area contributed by atoms with Gasteiger partial charge in [0.15, 0.2) is 0 Å². The molecule has 2 atom stereocenters. The molecule has 5 nitrogen and oxygen atoms in total. The molecule has 0 aliphatic carbocycles. The molecule has 1 N–H and O–H groups in total. The quantitative estimate of drug-likeness (QED) is 0.251. The number of hydrogen-bond donors (Lipinski definition) is 1. The Morgan fingerprint density at radius 2 is 1.59 bits per heavy atom. The lowest BCUT2D eigenvalue weighted by molar-refractivity contribution is -0.126. The predicted molar refractivity (Wildman–Crippen MR) is 158 cm³/mol. The number of aliphatic hydroxyl groups excluding tert-OH is 1. The van der Waals surface area contributed by atoms with E-state index in [1.54, 1.807) is 11.0 Å². The highest BCUT2D eigenvalue weighted by atomic mass is 35.5. The summed E-state index contributed by atoms with van der Waals surface area (Å²) in [6.07, 6.45) is -1.21. The van der Waals surface area contributed by atoms with Crippen LogP contribution in [-0.2, 0) is 17.9 Å². The van der Waals surface area contributed by atoms with E-state index in [-0.39, 0.29) is 5.91 Å². The Morgan fingerprint density at radius 3 is 2.28 bits per heavy atom. The van der Waals surface area contributed by atoms with Gasteiger partial charge in [0.05, 0.1) is 10.9 Å². The van der Waals surface area contributed by atoms with Crippen LogP contribution in [0, 0.1) is 0 Å². The van der Waals surface area contributed by atoms with Crippen LogP contribution in [0.4, 0.5) is 5.69 Å². The summed E-state index contributed by atoms with van der Waals surface area (Å²) in [5.74, 6) is 0.416. The van der Waals surface area contributed by atoms with E-state index in [9.17, 15) is 9.90 Å². The first-order chi connectivity index (χ1) is 19.0. The summed E-state index contributed by atoms with van der Waals surface area (Å²) in [4.78, 5) is 18.4. The van der Waals surface area contributed by atoms with Crippen LogP contribution < -0.4 is 9.64 Å². The second kappa shape index (κ2) is 12.7. The molecule has 0 fully saturated rings. The number of amides is 1. The number of carbonyl (C=O) groups excluding carboxylic acids is 1. The van der Waals surface area contributed by atoms with Crippen molar-refractivity contribution in [1.82, 2.24) is 4.90 Å². The maximum absolute atomic E-state index is 13.7. The van der Waals surface area contributed by atoms with Crippen LogP contribution in [0.25, 0.3) is 0 Å². The first kappa shape index (κ1) is 27.3. The number of hydrogen-bond acceptors (Lipinski definition) is 5. The van der Waals surface area contributed by atoms with E-state index < -0.39 is 11.4 Å². The van der Waals surface area contributed by atoms with E-state index in [0.29, 0.717) is 24.7 Å². The Balaban J connectivity index is 1.32. The zero-order chi connectivity index (χ0) is 27.2. The van der Waals surface area contributed by atoms with Crippen molar-refractivity contribution < 1.29 is 14.6 Å². The molecular formula is C32H31ClN2O3S. The molecule has 1 aliphatic heterocycles. The van der Waals surface area contributed by atoms with Gasteiger partial charge in [-0.05, 0) is 54.1 Å². The number of ether oxygens (including phenoxy) is 1. The average Bonchev–Trinajstić information content (AvgIpc) is 3.06. The standard InChI is InChI=1S/C32H31ClN2O3S/c1-34(21-23-8-4-2-5-9-23)18-19-35-28-17-14-26(33)20-29(28)39-31(30(36)32(35)37)25-12-15-27(16-13-25)38-22-24-10-6-3-7-11-24/h2-17,20,30-31,36H,18-19,21-22H2,1H3/t30-,31+/m1/s1. The predicted octanol–water partition coefficient (Wildman–Crippen LogP) is 6.59. The lowest BCUT2D eigenvalue weighted by Crippen LogP contribution is -2.43. The van der Waals surface area contributed by atoms with Crippen molar-refractivity contribution in [2.45, 2.75) is 29.4 Å². The van der Waals surface area contributed by atoms with Gasteiger partial charge in [0.25, 0.3) is 5.91 Å². The van der Waals surface area contributed by atoms with Gasteiger partial charge in [0.2, 0.25) is 0 Å². The Morgan fingerprint density at radius 1 is 0.923 bits per heavy atom. The van der Waals surface area contributed by atoms with Crippen LogP contribution in [0.15, 0.2) is 108 Å². The van der Waals surface area contributed by atoms with Crippen LogP contribution in [0.1, 0.15) is 21.9 Å². The number of thioether (sulfide) groups is 1. The molecule has 1 amide bonds. The molecule has 4 aromatic carbocycles. The number of likely N-dealkylation sites (N-methyl/N-ethyl adjacent to an activating group) is 1. The van der Waals surface area contributed by atoms with E-state index in [4.69, 9.17) is 16.3 Å². The van der Waals surface area contributed by atoms with E-state index in [2.05, 4.69) is 17.0 Å². The largest absolute Gasteiger partial charge is 0.489 e. The molecule has 0 bridgehead atoms. The highest BCUT2D eigenvalue weighted by Gasteiger charge is 2.37. The van der Waals surface area contributed by atoms with Gasteiger partial charge in [0, 0.05) is 29.6 Å². The molecule has 1 aliphatic rings. The van der Waals surface area contributed by atoms with Crippen LogP contribution in [0.3, 0.4) is 0 Å². The van der Waals surface area contributed by atoms with E-state index in [1.165, 1.54) is 17.3 Å². The monoisotopic (exact) mass is 558 g/mol. The molecule has 0 aromatic heterocycles. The summed E-state index contributed by atoms with van der Waals surface area (Å²) in [7, 11) is 2.04. The second-order valence-electron chi connectivity index (χ2n) is 9.65. The fourth-order valence-electron chi connectivity index (χ4n) is 4.63. The maximum atomic E-state index is 13.7. The summed E-state index contributed by atoms with van der Waals surface area (Å²) in [5, 5.41) is 11.4. The maximum Gasteiger partial charge on any atom is 0.257 e. The number of halogens is 1. The lowest BCUT2D eigenvalue weighted by Gasteiger charge is -2.27. The minimum Gasteiger partial charge on any atom is -0.489 e. The highest BCUT2D eigenvalue weighted by Crippen LogP contribution is 2.46. The van der Waals surface area contributed by atoms with Crippen LogP contribution in [0.5, 0.6) is 5.75 Å². The summed E-state index contributed by atoms with van der Waals surface area (Å²) in [5.41, 5.74) is 3.92. The van der Waals surface area contributed by atoms with Gasteiger partial charge in [-0.3, -0.25) is 4.79 Å². The van der Waals surface area contributed by atoms with Gasteiger partial charge < -0.3 is 19.6 Å². The summed E-state index contributed by atoms with van der Waals surface area (Å²) < 4.78 is 5.93. The number of aliphatic hydroxyl groups is 1. The van der Waals surface area contributed by atoms with Crippen molar-refractivity contribution in [3.63, 3.8) is 0 Å². The Kier molecular flexibility index (Phi) is 8.89. The van der Waals surface area contributed by atoms with Gasteiger partial charge in [-0.1, -0.05) is 84.4 Å². The third-order valence-electron chi connectivity index (χ3n) is 6.73. The highest BCUT2D eigenvalue weighted by molar-refractivity contribution is 7.99. The third-order valence-corrected chi connectivity index (χ3v) is 8.33. The van der Waals surface area contributed by atoms with Gasteiger partial charge in [0.1, 0.15) is 18.5 Å². The van der Waals surface area contributed by atoms with Crippen LogP contribution >= 0.6 is 23.4 Å². The molecule has 200 valence electrons. The summed E-state index contributed by atoms with van der Waals surface area (Å²) in [6.45, 7) is 2.35. The van der Waals surface area contributed by atoms with Crippen molar-refractivity contribution in [3.05, 3.63) is 125 Å². The molecule has 0 radical (unpaired) electrons. The minimum atomic E-state index is -1.21. The van der Waals surface area contributed by atoms with Crippen LogP contribution in [-0.4, -0.2) is 42.2 Å². The van der Waals surface area contributed by atoms with Crippen molar-refractivity contribution >= 4 is 35.0 Å². The van der Waals surface area contributed by atoms with Crippen molar-refractivity contribution in [3.8, 4) is 5.75 Å². The van der Waals surface area contributed by atoms with Crippen LogP contribution in [0.2, 0.25) is 5.02 Å². The molecule has 0 spiro atoms. The number of nitrogens with zero attached hydrogens (tertiary/aromatic N) is 2. The molecule has 0 unspecified atom stereocenters. The fraction of sp³-hybridized carbons (Fsp3) is 0.219. The summed E-state index contributed by atoms with van der Waals surface area (Å²) >= 11 is 7.83. The number of benzene rings is 4. The molecule has 5 rings (SSSR count). The molecule has 1 heterocycles. The lowest BCUT2D eigenvalue weighted by atomic mass is 10.1. The third kappa shape index (κ3) is 6.84. The number of fused-ring (bicyclic) bond motifs is 1. The zero-order valence-electron chi connectivity index (χ0n) is 21.7. The first-order valence-electron chi connectivity index (χ1n) is 12.9. The Bertz CT molecular complexity index is 1390. The fourth-order valence-corrected chi connectivity index (χ4v) is 6.18. The summed E-state index contributed by atoms with van der Waals surface area (Å²) in [6, 6.07) is 33.4. The second-order valence-corrected chi connectivity index (χ2v) is 11.3. The van der Waals surface area contributed by atoms with Gasteiger partial charge in [-0.25, -0.2) is 0 Å². The minimum absolute atomic E-state index is 0.314. The van der Waals surface area contributed by atoms with E-state index in [1.807, 2.05) is 92.0 Å². The van der Waals surface area contributed by atoms with Gasteiger partial charge in [-0.2, -0.15) is 0 Å². The SMILES string of the molecule is CN(CCN1C(=O)[C@H](O)[C@H](c2ccc(OCc3ccccc3)cc2)Sc2cc(Cl)ccc21)Cc1ccccc1. The van der Waals surface area contributed by atoms with Crippen molar-refractivity contribution in [2.24, 2.45) is 0 Å². The molecule has 39 heavy (non-hydrogen) atoms. The van der Waals surface area contributed by atoms with Gasteiger partial charge in [-0.15, -0.1) is 11.8 Å². The Hall–Kier alpha value is -3.29. The van der Waals surface area contributed by atoms with E-state index in [0.717, 1.165) is 34.0 Å². The van der Waals surface area contributed by atoms with Gasteiger partial charge >= 0.3 is 0 Å². The molecule has 0 saturated heterocycles. The first-order valence-corrected chi connectivity index (χ1v) is 14.2. The average molecular weight is 559 g/mol. The molecule has 7 heteroatoms. The molecule has 4 aromatic rings. The number of carbonyl (C=O) groups is 1. The topological polar surface area (TPSA) is 53.0 Å². The normalized spacial score (nSPS) is 17.1. The smallest absolute Gasteiger partial charge is 0.257 e.